The highest BCUT2D eigenvalue weighted by Crippen LogP contribution is 2.18. The monoisotopic (exact) mass is 397 g/mol. The highest BCUT2D eigenvalue weighted by molar-refractivity contribution is 5.96. The summed E-state index contributed by atoms with van der Waals surface area (Å²) in [6.45, 7) is 7.15. The van der Waals surface area contributed by atoms with Crippen LogP contribution in [-0.2, 0) is 9.53 Å². The second kappa shape index (κ2) is 11.5. The van der Waals surface area contributed by atoms with Crippen molar-refractivity contribution in [2.75, 3.05) is 44.0 Å². The molecule has 2 rings (SSSR count). The van der Waals surface area contributed by atoms with E-state index in [4.69, 9.17) is 9.47 Å². The van der Waals surface area contributed by atoms with Gasteiger partial charge in [-0.2, -0.15) is 0 Å². The molecule has 0 radical (unpaired) electrons. The van der Waals surface area contributed by atoms with Crippen LogP contribution in [-0.4, -0.2) is 45.2 Å². The van der Waals surface area contributed by atoms with Gasteiger partial charge in [-0.3, -0.25) is 9.59 Å². The molecule has 0 aliphatic rings. The molecule has 0 heterocycles. The first kappa shape index (κ1) is 22.0. The van der Waals surface area contributed by atoms with Crippen LogP contribution in [0.2, 0.25) is 0 Å². The Kier molecular flexibility index (Phi) is 8.72. The van der Waals surface area contributed by atoms with Gasteiger partial charge in [-0.15, -0.1) is 0 Å². The molecule has 7 nitrogen and oxygen atoms in total. The number of methoxy groups -OCH3 is 1. The van der Waals surface area contributed by atoms with Gasteiger partial charge in [-0.05, 0) is 48.9 Å². The first-order valence-corrected chi connectivity index (χ1v) is 9.26. The van der Waals surface area contributed by atoms with Crippen LogP contribution < -0.4 is 20.7 Å². The summed E-state index contributed by atoms with van der Waals surface area (Å²) in [6.07, 6.45) is 0. The van der Waals surface area contributed by atoms with Crippen LogP contribution in [0.15, 0.2) is 60.7 Å². The van der Waals surface area contributed by atoms with Crippen molar-refractivity contribution in [2.24, 2.45) is 0 Å². The highest BCUT2D eigenvalue weighted by atomic mass is 16.5. The lowest BCUT2D eigenvalue weighted by molar-refractivity contribution is -0.114. The second-order valence-electron chi connectivity index (χ2n) is 6.50. The van der Waals surface area contributed by atoms with Crippen molar-refractivity contribution in [2.45, 2.75) is 6.92 Å². The third-order valence-electron chi connectivity index (χ3n) is 3.79. The fourth-order valence-corrected chi connectivity index (χ4v) is 2.36. The molecule has 0 spiro atoms. The van der Waals surface area contributed by atoms with E-state index in [0.29, 0.717) is 36.8 Å². The molecule has 0 saturated carbocycles. The normalized spacial score (nSPS) is 10.1. The van der Waals surface area contributed by atoms with E-state index in [9.17, 15) is 9.59 Å². The van der Waals surface area contributed by atoms with Crippen LogP contribution in [0.5, 0.6) is 5.75 Å². The minimum atomic E-state index is -0.199. The summed E-state index contributed by atoms with van der Waals surface area (Å²) in [6, 6.07) is 14.1. The van der Waals surface area contributed by atoms with Crippen molar-refractivity contribution < 1.29 is 19.1 Å². The summed E-state index contributed by atoms with van der Waals surface area (Å²) in [5, 5.41) is 8.59. The molecule has 2 aromatic carbocycles. The first-order valence-electron chi connectivity index (χ1n) is 9.26. The molecule has 0 saturated heterocycles. The molecule has 0 aromatic heterocycles. The minimum absolute atomic E-state index is 0.100. The van der Waals surface area contributed by atoms with Crippen molar-refractivity contribution in [1.29, 1.82) is 0 Å². The first-order chi connectivity index (χ1) is 14.0. The van der Waals surface area contributed by atoms with Crippen molar-refractivity contribution in [3.05, 3.63) is 66.2 Å². The molecule has 29 heavy (non-hydrogen) atoms. The van der Waals surface area contributed by atoms with E-state index in [0.717, 1.165) is 11.3 Å². The molecule has 7 heteroatoms. The van der Waals surface area contributed by atoms with Crippen molar-refractivity contribution in [1.82, 2.24) is 5.32 Å². The number of ether oxygens (including phenoxy) is 2. The van der Waals surface area contributed by atoms with E-state index in [-0.39, 0.29) is 18.4 Å². The van der Waals surface area contributed by atoms with Gasteiger partial charge < -0.3 is 25.4 Å². The van der Waals surface area contributed by atoms with Gasteiger partial charge >= 0.3 is 0 Å². The van der Waals surface area contributed by atoms with E-state index < -0.39 is 0 Å². The Bertz CT molecular complexity index is 834. The van der Waals surface area contributed by atoms with E-state index >= 15 is 0 Å². The van der Waals surface area contributed by atoms with Gasteiger partial charge in [0.05, 0.1) is 13.2 Å². The zero-order chi connectivity index (χ0) is 21.1. The number of nitrogens with one attached hydrogen (secondary N) is 3. The van der Waals surface area contributed by atoms with E-state index in [1.54, 1.807) is 31.4 Å². The third kappa shape index (κ3) is 8.06. The smallest absolute Gasteiger partial charge is 0.251 e. The Morgan fingerprint density at radius 1 is 1.07 bits per heavy atom. The van der Waals surface area contributed by atoms with Gasteiger partial charge in [-0.25, -0.2) is 0 Å². The molecule has 2 aromatic rings. The summed E-state index contributed by atoms with van der Waals surface area (Å²) in [4.78, 5) is 24.1. The van der Waals surface area contributed by atoms with Crippen LogP contribution >= 0.6 is 0 Å². The summed E-state index contributed by atoms with van der Waals surface area (Å²) < 4.78 is 10.5. The Morgan fingerprint density at radius 2 is 1.83 bits per heavy atom. The van der Waals surface area contributed by atoms with Crippen LogP contribution in [0, 0.1) is 0 Å². The van der Waals surface area contributed by atoms with Gasteiger partial charge in [0, 0.05) is 36.7 Å². The summed E-state index contributed by atoms with van der Waals surface area (Å²) in [5.74, 6) is 0.323. The molecule has 0 fully saturated rings. The Morgan fingerprint density at radius 3 is 2.52 bits per heavy atom. The fourth-order valence-electron chi connectivity index (χ4n) is 2.36. The molecule has 154 valence electrons. The van der Waals surface area contributed by atoms with Gasteiger partial charge in [0.1, 0.15) is 12.4 Å². The lowest BCUT2D eigenvalue weighted by Gasteiger charge is -2.11. The second-order valence-corrected chi connectivity index (χ2v) is 6.50. The molecule has 0 unspecified atom stereocenters. The lowest BCUT2D eigenvalue weighted by atomic mass is 10.2. The third-order valence-corrected chi connectivity index (χ3v) is 3.79. The summed E-state index contributed by atoms with van der Waals surface area (Å²) in [5.41, 5.74) is 2.84. The zero-order valence-electron chi connectivity index (χ0n) is 16.8. The standard InChI is InChI=1S/C22H27N3O4/c1-16(2)15-29-20-6-4-5-19(13-20)24-14-21(26)25-18-9-7-17(8-10-18)22(27)23-11-12-28-3/h4-10,13,24H,1,11-12,14-15H2,2-3H3,(H,23,27)(H,25,26). The number of rotatable bonds is 11. The van der Waals surface area contributed by atoms with Crippen LogP contribution in [0.25, 0.3) is 0 Å². The van der Waals surface area contributed by atoms with Gasteiger partial charge in [0.15, 0.2) is 0 Å². The number of anilines is 2. The number of hydrogen-bond acceptors (Lipinski definition) is 5. The predicted octanol–water partition coefficient (Wildman–Crippen LogP) is 3.07. The maximum Gasteiger partial charge on any atom is 0.251 e. The number of carbonyl (C=O) groups is 2. The fraction of sp³-hybridized carbons (Fsp3) is 0.273. The topological polar surface area (TPSA) is 88.7 Å². The number of amides is 2. The quantitative estimate of drug-likeness (QED) is 0.401. The SMILES string of the molecule is C=C(C)COc1cccc(NCC(=O)Nc2ccc(C(=O)NCCOC)cc2)c1. The molecular formula is C22H27N3O4. The van der Waals surface area contributed by atoms with Gasteiger partial charge in [0.25, 0.3) is 5.91 Å². The maximum absolute atomic E-state index is 12.2. The molecule has 2 amide bonds. The van der Waals surface area contributed by atoms with Gasteiger partial charge in [-0.1, -0.05) is 12.6 Å². The summed E-state index contributed by atoms with van der Waals surface area (Å²) in [7, 11) is 1.58. The predicted molar refractivity (Wildman–Crippen MR) is 115 cm³/mol. The molecule has 3 N–H and O–H groups in total. The van der Waals surface area contributed by atoms with E-state index in [1.165, 1.54) is 0 Å². The van der Waals surface area contributed by atoms with Crippen molar-refractivity contribution >= 4 is 23.2 Å². The summed E-state index contributed by atoms with van der Waals surface area (Å²) >= 11 is 0. The molecule has 0 aliphatic carbocycles. The molecule has 0 atom stereocenters. The Balaban J connectivity index is 1.81. The van der Waals surface area contributed by atoms with Crippen molar-refractivity contribution in [3.63, 3.8) is 0 Å². The molecule has 0 bridgehead atoms. The Labute approximate surface area is 171 Å². The highest BCUT2D eigenvalue weighted by Gasteiger charge is 2.07. The van der Waals surface area contributed by atoms with E-state index in [1.807, 2.05) is 31.2 Å². The zero-order valence-corrected chi connectivity index (χ0v) is 16.8. The average Bonchev–Trinajstić information content (AvgIpc) is 2.72. The number of carbonyl (C=O) groups excluding carboxylic acids is 2. The van der Waals surface area contributed by atoms with Gasteiger partial charge in [0.2, 0.25) is 5.91 Å². The molecule has 0 aliphatic heterocycles. The van der Waals surface area contributed by atoms with Crippen LogP contribution in [0.3, 0.4) is 0 Å². The average molecular weight is 397 g/mol. The van der Waals surface area contributed by atoms with Crippen LogP contribution in [0.4, 0.5) is 11.4 Å². The van der Waals surface area contributed by atoms with E-state index in [2.05, 4.69) is 22.5 Å². The Hall–Kier alpha value is -3.32. The van der Waals surface area contributed by atoms with Crippen molar-refractivity contribution in [3.8, 4) is 5.75 Å². The number of benzene rings is 2. The number of hydrogen-bond donors (Lipinski definition) is 3. The largest absolute Gasteiger partial charge is 0.489 e. The lowest BCUT2D eigenvalue weighted by Crippen LogP contribution is -2.27. The van der Waals surface area contributed by atoms with Crippen LogP contribution in [0.1, 0.15) is 17.3 Å². The minimum Gasteiger partial charge on any atom is -0.489 e. The molecular weight excluding hydrogens is 370 g/mol. The maximum atomic E-state index is 12.2.